The standard InChI is InChI=1S/C17H25N3O2.2ClH.Mg/c18-9-14-2-1-3-20(14)15(21)10-19-16-5-12-4-13(6-16)8-17(22,7-12)11-16;;;/h12-14,19,22H,1-8,10-11H2;2*1H;/q;;;+2/p-2/t12?,13?,14-,16?,17?;;;/m0.../s1. The number of carbonyl (C=O) groups is 1. The van der Waals surface area contributed by atoms with Crippen molar-refractivity contribution in [2.75, 3.05) is 13.1 Å². The van der Waals surface area contributed by atoms with Gasteiger partial charge in [-0.25, -0.2) is 0 Å². The fraction of sp³-hybridized carbons (Fsp3) is 0.882. The summed E-state index contributed by atoms with van der Waals surface area (Å²) in [6.45, 7) is 1.02. The Kier molecular flexibility index (Phi) is 7.90. The molecule has 1 saturated heterocycles. The van der Waals surface area contributed by atoms with Crippen molar-refractivity contribution in [1.29, 1.82) is 5.26 Å². The molecule has 25 heavy (non-hydrogen) atoms. The number of nitrogens with zero attached hydrogens (tertiary/aromatic N) is 2. The zero-order valence-electron chi connectivity index (χ0n) is 14.5. The van der Waals surface area contributed by atoms with E-state index in [9.17, 15) is 9.90 Å². The molecule has 0 spiro atoms. The fourth-order valence-corrected chi connectivity index (χ4v) is 5.99. The zero-order chi connectivity index (χ0) is 15.4. The number of carbonyl (C=O) groups excluding carboxylic acids is 1. The van der Waals surface area contributed by atoms with Crippen molar-refractivity contribution in [3.8, 4) is 6.07 Å². The summed E-state index contributed by atoms with van der Waals surface area (Å²) in [6, 6.07) is 1.99. The molecule has 3 atom stereocenters. The molecule has 1 aliphatic heterocycles. The Morgan fingerprint density at radius 2 is 1.88 bits per heavy atom. The number of aliphatic hydroxyl groups is 1. The summed E-state index contributed by atoms with van der Waals surface area (Å²) in [5.41, 5.74) is -0.542. The summed E-state index contributed by atoms with van der Waals surface area (Å²) in [7, 11) is 0. The summed E-state index contributed by atoms with van der Waals surface area (Å²) in [6.07, 6.45) is 7.87. The third-order valence-electron chi connectivity index (χ3n) is 6.37. The van der Waals surface area contributed by atoms with Gasteiger partial charge in [-0.1, -0.05) is 0 Å². The van der Waals surface area contributed by atoms with Crippen LogP contribution in [0, 0.1) is 23.2 Å². The molecule has 1 heterocycles. The molecule has 5 aliphatic rings. The maximum absolute atomic E-state index is 12.4. The molecule has 0 radical (unpaired) electrons. The Balaban J connectivity index is 0.00000104. The van der Waals surface area contributed by atoms with Crippen LogP contribution in [0.3, 0.4) is 0 Å². The van der Waals surface area contributed by atoms with Gasteiger partial charge in [-0.3, -0.25) is 4.79 Å². The van der Waals surface area contributed by atoms with Crippen LogP contribution >= 0.6 is 0 Å². The molecule has 0 aromatic rings. The second-order valence-electron chi connectivity index (χ2n) is 8.19. The van der Waals surface area contributed by atoms with Crippen LogP contribution < -0.4 is 30.1 Å². The number of hydrogen-bond acceptors (Lipinski definition) is 4. The molecule has 4 saturated carbocycles. The Labute approximate surface area is 178 Å². The normalized spacial score (nSPS) is 40.5. The van der Waals surface area contributed by atoms with Crippen LogP contribution in [0.25, 0.3) is 0 Å². The van der Waals surface area contributed by atoms with Crippen LogP contribution in [0.2, 0.25) is 0 Å². The minimum absolute atomic E-state index is 0. The van der Waals surface area contributed by atoms with Gasteiger partial charge in [0.15, 0.2) is 0 Å². The predicted octanol–water partition coefficient (Wildman–Crippen LogP) is -5.20. The van der Waals surface area contributed by atoms with E-state index in [4.69, 9.17) is 5.26 Å². The SMILES string of the molecule is N#C[C@@H]1CCCN1C(=O)CNC12CC3CC(CC(O)(C3)C1)C2.[Cl-].[Cl-].[Mg+2]. The van der Waals surface area contributed by atoms with Gasteiger partial charge in [0, 0.05) is 12.1 Å². The van der Waals surface area contributed by atoms with Crippen molar-refractivity contribution in [2.45, 2.75) is 68.5 Å². The maximum Gasteiger partial charge on any atom is 2.00 e. The molecule has 136 valence electrons. The maximum atomic E-state index is 12.4. The number of halogens is 2. The van der Waals surface area contributed by atoms with Gasteiger partial charge in [-0.05, 0) is 63.2 Å². The topological polar surface area (TPSA) is 76.4 Å². The molecule has 5 nitrogen and oxygen atoms in total. The van der Waals surface area contributed by atoms with E-state index >= 15 is 0 Å². The molecular formula is C17H25Cl2MgN3O2. The average Bonchev–Trinajstić information content (AvgIpc) is 2.90. The Bertz CT molecular complexity index is 528. The third-order valence-corrected chi connectivity index (χ3v) is 6.37. The van der Waals surface area contributed by atoms with Crippen LogP contribution in [0.4, 0.5) is 0 Å². The van der Waals surface area contributed by atoms with E-state index in [-0.39, 0.29) is 65.4 Å². The molecule has 4 aliphatic carbocycles. The number of rotatable bonds is 3. The summed E-state index contributed by atoms with van der Waals surface area (Å²) >= 11 is 0. The van der Waals surface area contributed by atoms with E-state index in [1.54, 1.807) is 4.90 Å². The average molecular weight is 399 g/mol. The van der Waals surface area contributed by atoms with Gasteiger partial charge in [-0.15, -0.1) is 0 Å². The number of nitrogens with one attached hydrogen (secondary N) is 1. The van der Waals surface area contributed by atoms with E-state index in [0.29, 0.717) is 24.9 Å². The van der Waals surface area contributed by atoms with Crippen molar-refractivity contribution in [1.82, 2.24) is 10.2 Å². The summed E-state index contributed by atoms with van der Waals surface area (Å²) in [5, 5.41) is 23.4. The van der Waals surface area contributed by atoms with Gasteiger partial charge in [0.05, 0.1) is 18.2 Å². The Morgan fingerprint density at radius 3 is 2.44 bits per heavy atom. The molecular weight excluding hydrogens is 373 g/mol. The first-order chi connectivity index (χ1) is 10.5. The van der Waals surface area contributed by atoms with Crippen LogP contribution in [0.1, 0.15) is 51.4 Å². The first-order valence-electron chi connectivity index (χ1n) is 8.67. The van der Waals surface area contributed by atoms with Crippen LogP contribution in [0.15, 0.2) is 0 Å². The summed E-state index contributed by atoms with van der Waals surface area (Å²) < 4.78 is 0. The number of amides is 1. The predicted molar refractivity (Wildman–Crippen MR) is 86.5 cm³/mol. The van der Waals surface area contributed by atoms with Gasteiger partial charge in [0.25, 0.3) is 0 Å². The summed E-state index contributed by atoms with van der Waals surface area (Å²) in [5.74, 6) is 1.28. The number of likely N-dealkylation sites (tertiary alicyclic amines) is 1. The van der Waals surface area contributed by atoms with Crippen LogP contribution in [-0.2, 0) is 4.79 Å². The van der Waals surface area contributed by atoms with Crippen molar-refractivity contribution >= 4 is 29.0 Å². The fourth-order valence-electron chi connectivity index (χ4n) is 5.99. The van der Waals surface area contributed by atoms with Crippen molar-refractivity contribution in [2.24, 2.45) is 11.8 Å². The molecule has 0 aromatic heterocycles. The van der Waals surface area contributed by atoms with Crippen molar-refractivity contribution in [3.05, 3.63) is 0 Å². The summed E-state index contributed by atoms with van der Waals surface area (Å²) in [4.78, 5) is 14.2. The number of hydrogen-bond donors (Lipinski definition) is 2. The minimum atomic E-state index is -0.497. The minimum Gasteiger partial charge on any atom is -1.00 e. The van der Waals surface area contributed by atoms with E-state index in [2.05, 4.69) is 11.4 Å². The molecule has 2 N–H and O–H groups in total. The second kappa shape index (κ2) is 8.49. The molecule has 0 aromatic carbocycles. The molecule has 2 unspecified atom stereocenters. The monoisotopic (exact) mass is 397 g/mol. The molecule has 4 bridgehead atoms. The van der Waals surface area contributed by atoms with Gasteiger partial charge >= 0.3 is 23.1 Å². The molecule has 5 fully saturated rings. The van der Waals surface area contributed by atoms with Crippen molar-refractivity contribution in [3.63, 3.8) is 0 Å². The van der Waals surface area contributed by atoms with E-state index in [1.807, 2.05) is 0 Å². The van der Waals surface area contributed by atoms with E-state index < -0.39 is 5.60 Å². The molecule has 5 rings (SSSR count). The van der Waals surface area contributed by atoms with Crippen molar-refractivity contribution < 1.29 is 34.7 Å². The van der Waals surface area contributed by atoms with Gasteiger partial charge in [0.1, 0.15) is 6.04 Å². The zero-order valence-corrected chi connectivity index (χ0v) is 17.4. The molecule has 8 heteroatoms. The quantitative estimate of drug-likeness (QED) is 0.466. The van der Waals surface area contributed by atoms with Crippen LogP contribution in [0.5, 0.6) is 0 Å². The van der Waals surface area contributed by atoms with Gasteiger partial charge in [0.2, 0.25) is 5.91 Å². The number of nitriles is 1. The first kappa shape index (κ1) is 23.3. The third kappa shape index (κ3) is 4.39. The van der Waals surface area contributed by atoms with E-state index in [1.165, 1.54) is 6.42 Å². The first-order valence-corrected chi connectivity index (χ1v) is 8.67. The van der Waals surface area contributed by atoms with Crippen LogP contribution in [-0.4, -0.2) is 69.2 Å². The van der Waals surface area contributed by atoms with E-state index in [0.717, 1.165) is 44.9 Å². The Hall–Kier alpha value is 0.226. The Morgan fingerprint density at radius 1 is 1.24 bits per heavy atom. The smallest absolute Gasteiger partial charge is 1.00 e. The second-order valence-corrected chi connectivity index (χ2v) is 8.19. The van der Waals surface area contributed by atoms with Gasteiger partial charge in [-0.2, -0.15) is 5.26 Å². The largest absolute Gasteiger partial charge is 2.00 e. The molecule has 1 amide bonds. The van der Waals surface area contributed by atoms with Gasteiger partial charge < -0.3 is 40.1 Å².